The van der Waals surface area contributed by atoms with Crippen molar-refractivity contribution in [1.82, 2.24) is 14.8 Å². The molecule has 0 spiro atoms. The Kier molecular flexibility index (Phi) is 3.45. The van der Waals surface area contributed by atoms with E-state index in [2.05, 4.69) is 34.3 Å². The molecule has 3 aromatic carbocycles. The van der Waals surface area contributed by atoms with Crippen LogP contribution in [0, 0.1) is 0 Å². The molecule has 0 atom stereocenters. The summed E-state index contributed by atoms with van der Waals surface area (Å²) in [6.45, 7) is 0. The molecule has 0 bridgehead atoms. The fourth-order valence-electron chi connectivity index (χ4n) is 2.57. The van der Waals surface area contributed by atoms with Crippen LogP contribution >= 0.6 is 0 Å². The Morgan fingerprint density at radius 1 is 0.609 bits per heavy atom. The Hall–Kier alpha value is -3.20. The lowest BCUT2D eigenvalue weighted by Gasteiger charge is -2.03. The highest BCUT2D eigenvalue weighted by molar-refractivity contribution is 5.70. The Morgan fingerprint density at radius 2 is 1.26 bits per heavy atom. The molecule has 0 N–H and O–H groups in total. The number of nitrogens with zero attached hydrogens (tertiary/aromatic N) is 3. The third-order valence-corrected chi connectivity index (χ3v) is 3.74. The number of para-hydroxylation sites is 1. The van der Waals surface area contributed by atoms with Gasteiger partial charge in [0.05, 0.1) is 5.69 Å². The number of hydrogen-bond acceptors (Lipinski definition) is 2. The molecule has 1 aromatic heterocycles. The normalized spacial score (nSPS) is 10.6. The fourth-order valence-corrected chi connectivity index (χ4v) is 2.57. The number of rotatable bonds is 3. The van der Waals surface area contributed by atoms with Crippen LogP contribution in [0.4, 0.5) is 0 Å². The van der Waals surface area contributed by atoms with E-state index in [-0.39, 0.29) is 0 Å². The molecule has 0 saturated heterocycles. The topological polar surface area (TPSA) is 30.7 Å². The molecule has 3 nitrogen and oxygen atoms in total. The van der Waals surface area contributed by atoms with Crippen LogP contribution in [-0.4, -0.2) is 14.8 Å². The molecule has 4 aromatic rings. The van der Waals surface area contributed by atoms with Gasteiger partial charge in [0.1, 0.15) is 6.33 Å². The van der Waals surface area contributed by atoms with Gasteiger partial charge in [0.25, 0.3) is 0 Å². The van der Waals surface area contributed by atoms with Crippen molar-refractivity contribution < 1.29 is 0 Å². The maximum Gasteiger partial charge on any atom is 0.181 e. The molecule has 3 heteroatoms. The highest BCUT2D eigenvalue weighted by atomic mass is 15.3. The monoisotopic (exact) mass is 297 g/mol. The second kappa shape index (κ2) is 5.89. The average Bonchev–Trinajstić information content (AvgIpc) is 3.14. The van der Waals surface area contributed by atoms with Crippen LogP contribution in [0.3, 0.4) is 0 Å². The molecular formula is C20H15N3. The van der Waals surface area contributed by atoms with Gasteiger partial charge in [-0.05, 0) is 29.3 Å². The van der Waals surface area contributed by atoms with Crippen molar-refractivity contribution in [2.75, 3.05) is 0 Å². The molecule has 4 rings (SSSR count). The largest absolute Gasteiger partial charge is 0.220 e. The summed E-state index contributed by atoms with van der Waals surface area (Å²) in [5.41, 5.74) is 4.38. The fraction of sp³-hybridized carbons (Fsp3) is 0. The Morgan fingerprint density at radius 3 is 2.04 bits per heavy atom. The van der Waals surface area contributed by atoms with E-state index in [0.29, 0.717) is 0 Å². The quantitative estimate of drug-likeness (QED) is 0.553. The van der Waals surface area contributed by atoms with Crippen molar-refractivity contribution in [3.63, 3.8) is 0 Å². The first kappa shape index (κ1) is 13.5. The summed E-state index contributed by atoms with van der Waals surface area (Å²) in [5, 5.41) is 4.59. The molecule has 110 valence electrons. The van der Waals surface area contributed by atoms with Gasteiger partial charge in [0, 0.05) is 5.56 Å². The molecule has 0 aliphatic heterocycles. The molecule has 0 fully saturated rings. The van der Waals surface area contributed by atoms with Gasteiger partial charge in [-0.2, -0.15) is 0 Å². The van der Waals surface area contributed by atoms with Crippen molar-refractivity contribution in [2.24, 2.45) is 0 Å². The van der Waals surface area contributed by atoms with Crippen molar-refractivity contribution in [3.05, 3.63) is 91.3 Å². The van der Waals surface area contributed by atoms with Gasteiger partial charge in [-0.1, -0.05) is 66.7 Å². The van der Waals surface area contributed by atoms with Gasteiger partial charge in [-0.15, -0.1) is 5.10 Å². The van der Waals surface area contributed by atoms with E-state index >= 15 is 0 Å². The minimum atomic E-state index is 0.728. The molecule has 0 radical (unpaired) electrons. The van der Waals surface area contributed by atoms with E-state index in [1.165, 1.54) is 11.1 Å². The van der Waals surface area contributed by atoms with Gasteiger partial charge in [-0.3, -0.25) is 0 Å². The van der Waals surface area contributed by atoms with Gasteiger partial charge in [0.15, 0.2) is 5.82 Å². The van der Waals surface area contributed by atoms with Crippen LogP contribution in [0.5, 0.6) is 0 Å². The van der Waals surface area contributed by atoms with Gasteiger partial charge >= 0.3 is 0 Å². The minimum Gasteiger partial charge on any atom is -0.220 e. The van der Waals surface area contributed by atoms with E-state index in [1.807, 2.05) is 60.7 Å². The molecule has 0 aliphatic rings. The maximum absolute atomic E-state index is 4.59. The van der Waals surface area contributed by atoms with E-state index in [0.717, 1.165) is 17.1 Å². The van der Waals surface area contributed by atoms with Crippen molar-refractivity contribution in [2.45, 2.75) is 0 Å². The molecule has 1 heterocycles. The second-order valence-corrected chi connectivity index (χ2v) is 5.30. The van der Waals surface area contributed by atoms with Gasteiger partial charge in [0.2, 0.25) is 0 Å². The van der Waals surface area contributed by atoms with Crippen LogP contribution in [0.15, 0.2) is 91.3 Å². The van der Waals surface area contributed by atoms with E-state index in [4.69, 9.17) is 0 Å². The molecular weight excluding hydrogens is 282 g/mol. The summed E-state index contributed by atoms with van der Waals surface area (Å²) in [6, 6.07) is 28.6. The third kappa shape index (κ3) is 2.77. The molecule has 0 amide bonds. The summed E-state index contributed by atoms with van der Waals surface area (Å²) in [6.07, 6.45) is 1.75. The van der Waals surface area contributed by atoms with Crippen LogP contribution in [0.2, 0.25) is 0 Å². The van der Waals surface area contributed by atoms with Gasteiger partial charge < -0.3 is 0 Å². The lowest BCUT2D eigenvalue weighted by Crippen LogP contribution is -1.94. The first-order valence-electron chi connectivity index (χ1n) is 7.53. The first-order chi connectivity index (χ1) is 11.4. The molecule has 0 unspecified atom stereocenters. The standard InChI is InChI=1S/C20H15N3/c1-3-8-16(9-4-1)17-10-7-11-18(14-17)20-21-15-23(22-20)19-12-5-2-6-13-19/h1-15H. The predicted molar refractivity (Wildman–Crippen MR) is 92.2 cm³/mol. The van der Waals surface area contributed by atoms with Crippen LogP contribution < -0.4 is 0 Å². The smallest absolute Gasteiger partial charge is 0.181 e. The average molecular weight is 297 g/mol. The number of aromatic nitrogens is 3. The third-order valence-electron chi connectivity index (χ3n) is 3.74. The van der Waals surface area contributed by atoms with Gasteiger partial charge in [-0.25, -0.2) is 9.67 Å². The lowest BCUT2D eigenvalue weighted by atomic mass is 10.0. The van der Waals surface area contributed by atoms with E-state index in [1.54, 1.807) is 11.0 Å². The lowest BCUT2D eigenvalue weighted by molar-refractivity contribution is 0.882. The maximum atomic E-state index is 4.59. The minimum absolute atomic E-state index is 0.728. The number of benzene rings is 3. The predicted octanol–water partition coefficient (Wildman–Crippen LogP) is 4.60. The Labute approximate surface area is 134 Å². The zero-order chi connectivity index (χ0) is 15.5. The SMILES string of the molecule is c1ccc(-c2cccc(-c3ncn(-c4ccccc4)n3)c2)cc1. The highest BCUT2D eigenvalue weighted by Crippen LogP contribution is 2.24. The van der Waals surface area contributed by atoms with Crippen LogP contribution in [0.25, 0.3) is 28.2 Å². The van der Waals surface area contributed by atoms with Crippen molar-refractivity contribution in [1.29, 1.82) is 0 Å². The first-order valence-corrected chi connectivity index (χ1v) is 7.53. The highest BCUT2D eigenvalue weighted by Gasteiger charge is 2.07. The molecule has 0 aliphatic carbocycles. The summed E-state index contributed by atoms with van der Waals surface area (Å²) in [4.78, 5) is 4.45. The Balaban J connectivity index is 1.71. The summed E-state index contributed by atoms with van der Waals surface area (Å²) in [5.74, 6) is 0.728. The number of hydrogen-bond donors (Lipinski definition) is 0. The summed E-state index contributed by atoms with van der Waals surface area (Å²) >= 11 is 0. The zero-order valence-electron chi connectivity index (χ0n) is 12.5. The molecule has 0 saturated carbocycles. The molecule has 23 heavy (non-hydrogen) atoms. The van der Waals surface area contributed by atoms with Crippen molar-refractivity contribution >= 4 is 0 Å². The zero-order valence-corrected chi connectivity index (χ0v) is 12.5. The second-order valence-electron chi connectivity index (χ2n) is 5.30. The van der Waals surface area contributed by atoms with Crippen molar-refractivity contribution in [3.8, 4) is 28.2 Å². The Bertz CT molecular complexity index is 912. The van der Waals surface area contributed by atoms with E-state index in [9.17, 15) is 0 Å². The van der Waals surface area contributed by atoms with Crippen LogP contribution in [-0.2, 0) is 0 Å². The summed E-state index contributed by atoms with van der Waals surface area (Å²) < 4.78 is 1.80. The van der Waals surface area contributed by atoms with E-state index < -0.39 is 0 Å². The summed E-state index contributed by atoms with van der Waals surface area (Å²) in [7, 11) is 0. The van der Waals surface area contributed by atoms with Crippen LogP contribution in [0.1, 0.15) is 0 Å².